The number of anilines is 1. The van der Waals surface area contributed by atoms with Gasteiger partial charge in [-0.2, -0.15) is 0 Å². The van der Waals surface area contributed by atoms with Crippen LogP contribution in [0.2, 0.25) is 5.02 Å². The van der Waals surface area contributed by atoms with Gasteiger partial charge in [0, 0.05) is 16.0 Å². The standard InChI is InChI=1S/C15H15BrClNO2/c1-20-15-6-5-12(17)8-13(15)18-9-14(19)10-3-2-4-11(16)7-10/h2-8,14,18-19H,9H2,1H3. The van der Waals surface area contributed by atoms with E-state index in [4.69, 9.17) is 16.3 Å². The molecule has 2 N–H and O–H groups in total. The van der Waals surface area contributed by atoms with E-state index >= 15 is 0 Å². The summed E-state index contributed by atoms with van der Waals surface area (Å²) in [5.74, 6) is 0.691. The van der Waals surface area contributed by atoms with Crippen LogP contribution in [-0.4, -0.2) is 18.8 Å². The molecule has 0 aliphatic carbocycles. The summed E-state index contributed by atoms with van der Waals surface area (Å²) in [5, 5.41) is 13.9. The number of benzene rings is 2. The van der Waals surface area contributed by atoms with Gasteiger partial charge in [-0.05, 0) is 35.9 Å². The molecule has 0 spiro atoms. The van der Waals surface area contributed by atoms with E-state index in [2.05, 4.69) is 21.2 Å². The van der Waals surface area contributed by atoms with E-state index in [1.807, 2.05) is 24.3 Å². The Bertz CT molecular complexity index is 592. The lowest BCUT2D eigenvalue weighted by atomic mass is 10.1. The first-order chi connectivity index (χ1) is 9.60. The van der Waals surface area contributed by atoms with E-state index < -0.39 is 6.10 Å². The Morgan fingerprint density at radius 3 is 2.80 bits per heavy atom. The SMILES string of the molecule is COc1ccc(Cl)cc1NCC(O)c1cccc(Br)c1. The molecular weight excluding hydrogens is 342 g/mol. The van der Waals surface area contributed by atoms with Crippen molar-refractivity contribution in [1.82, 2.24) is 0 Å². The lowest BCUT2D eigenvalue weighted by Gasteiger charge is -2.15. The normalized spacial score (nSPS) is 12.0. The molecule has 5 heteroatoms. The Morgan fingerprint density at radius 2 is 2.10 bits per heavy atom. The Morgan fingerprint density at radius 1 is 1.30 bits per heavy atom. The zero-order chi connectivity index (χ0) is 14.5. The molecule has 0 saturated heterocycles. The predicted molar refractivity (Wildman–Crippen MR) is 85.6 cm³/mol. The van der Waals surface area contributed by atoms with Gasteiger partial charge < -0.3 is 15.2 Å². The highest BCUT2D eigenvalue weighted by atomic mass is 79.9. The van der Waals surface area contributed by atoms with Gasteiger partial charge in [0.1, 0.15) is 5.75 Å². The summed E-state index contributed by atoms with van der Waals surface area (Å²) in [4.78, 5) is 0. The van der Waals surface area contributed by atoms with Crippen LogP contribution in [0.4, 0.5) is 5.69 Å². The maximum absolute atomic E-state index is 10.2. The van der Waals surface area contributed by atoms with Crippen LogP contribution >= 0.6 is 27.5 Å². The van der Waals surface area contributed by atoms with Crippen LogP contribution in [0.25, 0.3) is 0 Å². The van der Waals surface area contributed by atoms with Gasteiger partial charge in [-0.1, -0.05) is 39.7 Å². The molecule has 20 heavy (non-hydrogen) atoms. The summed E-state index contributed by atoms with van der Waals surface area (Å²) in [5.41, 5.74) is 1.60. The van der Waals surface area contributed by atoms with Gasteiger partial charge in [-0.25, -0.2) is 0 Å². The van der Waals surface area contributed by atoms with Gasteiger partial charge in [0.25, 0.3) is 0 Å². The zero-order valence-electron chi connectivity index (χ0n) is 10.9. The molecule has 2 rings (SSSR count). The van der Waals surface area contributed by atoms with Crippen LogP contribution in [0, 0.1) is 0 Å². The number of rotatable bonds is 5. The van der Waals surface area contributed by atoms with E-state index in [9.17, 15) is 5.11 Å². The van der Waals surface area contributed by atoms with Gasteiger partial charge in [0.15, 0.2) is 0 Å². The lowest BCUT2D eigenvalue weighted by Crippen LogP contribution is -2.12. The molecule has 3 nitrogen and oxygen atoms in total. The Hall–Kier alpha value is -1.23. The first kappa shape index (κ1) is 15.2. The molecule has 0 radical (unpaired) electrons. The largest absolute Gasteiger partial charge is 0.495 e. The fraction of sp³-hybridized carbons (Fsp3) is 0.200. The number of hydrogen-bond donors (Lipinski definition) is 2. The third kappa shape index (κ3) is 3.88. The van der Waals surface area contributed by atoms with Crippen LogP contribution in [0.3, 0.4) is 0 Å². The molecule has 2 aromatic rings. The van der Waals surface area contributed by atoms with E-state index in [1.54, 1.807) is 25.3 Å². The van der Waals surface area contributed by atoms with Crippen molar-refractivity contribution in [3.05, 3.63) is 57.5 Å². The van der Waals surface area contributed by atoms with Crippen molar-refractivity contribution in [2.45, 2.75) is 6.10 Å². The van der Waals surface area contributed by atoms with Crippen molar-refractivity contribution >= 4 is 33.2 Å². The van der Waals surface area contributed by atoms with Crippen molar-refractivity contribution in [1.29, 1.82) is 0 Å². The molecule has 0 aliphatic rings. The summed E-state index contributed by atoms with van der Waals surface area (Å²) < 4.78 is 6.19. The number of ether oxygens (including phenoxy) is 1. The maximum atomic E-state index is 10.2. The van der Waals surface area contributed by atoms with Gasteiger partial charge in [0.2, 0.25) is 0 Å². The molecule has 0 aliphatic heterocycles. The molecule has 0 fully saturated rings. The summed E-state index contributed by atoms with van der Waals surface area (Å²) in [6.07, 6.45) is -0.615. The summed E-state index contributed by atoms with van der Waals surface area (Å²) in [6.45, 7) is 0.368. The molecule has 2 aromatic carbocycles. The zero-order valence-corrected chi connectivity index (χ0v) is 13.3. The van der Waals surface area contributed by atoms with Gasteiger partial charge >= 0.3 is 0 Å². The van der Waals surface area contributed by atoms with Crippen LogP contribution < -0.4 is 10.1 Å². The molecule has 106 valence electrons. The van der Waals surface area contributed by atoms with Crippen LogP contribution in [-0.2, 0) is 0 Å². The summed E-state index contributed by atoms with van der Waals surface area (Å²) in [7, 11) is 1.60. The average Bonchev–Trinajstić information content (AvgIpc) is 2.45. The quantitative estimate of drug-likeness (QED) is 0.841. The number of nitrogens with one attached hydrogen (secondary N) is 1. The topological polar surface area (TPSA) is 41.5 Å². The van der Waals surface area contributed by atoms with E-state index in [0.29, 0.717) is 17.3 Å². The Balaban J connectivity index is 2.06. The number of aliphatic hydroxyl groups is 1. The maximum Gasteiger partial charge on any atom is 0.142 e. The average molecular weight is 357 g/mol. The molecule has 1 atom stereocenters. The Kier molecular flexibility index (Phi) is 5.29. The minimum atomic E-state index is -0.615. The fourth-order valence-electron chi connectivity index (χ4n) is 1.86. The highest BCUT2D eigenvalue weighted by Gasteiger charge is 2.10. The van der Waals surface area contributed by atoms with Gasteiger partial charge in [-0.3, -0.25) is 0 Å². The second-order valence-electron chi connectivity index (χ2n) is 4.30. The predicted octanol–water partition coefficient (Wildman–Crippen LogP) is 4.26. The number of methoxy groups -OCH3 is 1. The molecule has 1 unspecified atom stereocenters. The summed E-state index contributed by atoms with van der Waals surface area (Å²) >= 11 is 9.35. The van der Waals surface area contributed by atoms with Crippen molar-refractivity contribution in [3.8, 4) is 5.75 Å². The van der Waals surface area contributed by atoms with Crippen LogP contribution in [0.15, 0.2) is 46.9 Å². The van der Waals surface area contributed by atoms with Gasteiger partial charge in [-0.15, -0.1) is 0 Å². The van der Waals surface area contributed by atoms with Crippen LogP contribution in [0.5, 0.6) is 5.75 Å². The van der Waals surface area contributed by atoms with Crippen molar-refractivity contribution in [2.75, 3.05) is 19.0 Å². The lowest BCUT2D eigenvalue weighted by molar-refractivity contribution is 0.191. The first-order valence-electron chi connectivity index (χ1n) is 6.11. The minimum absolute atomic E-state index is 0.368. The molecule has 0 saturated carbocycles. The molecular formula is C15H15BrClNO2. The van der Waals surface area contributed by atoms with Crippen molar-refractivity contribution in [3.63, 3.8) is 0 Å². The summed E-state index contributed by atoms with van der Waals surface area (Å²) in [6, 6.07) is 12.9. The van der Waals surface area contributed by atoms with Crippen molar-refractivity contribution < 1.29 is 9.84 Å². The third-order valence-electron chi connectivity index (χ3n) is 2.88. The fourth-order valence-corrected chi connectivity index (χ4v) is 2.45. The molecule has 0 heterocycles. The Labute approximate surface area is 131 Å². The molecule has 0 amide bonds. The first-order valence-corrected chi connectivity index (χ1v) is 7.28. The van der Waals surface area contributed by atoms with Crippen LogP contribution in [0.1, 0.15) is 11.7 Å². The van der Waals surface area contributed by atoms with Gasteiger partial charge in [0.05, 0.1) is 18.9 Å². The second-order valence-corrected chi connectivity index (χ2v) is 5.65. The number of halogens is 2. The number of hydrogen-bond acceptors (Lipinski definition) is 3. The smallest absolute Gasteiger partial charge is 0.142 e. The minimum Gasteiger partial charge on any atom is -0.495 e. The molecule has 0 aromatic heterocycles. The van der Waals surface area contributed by atoms with E-state index in [1.165, 1.54) is 0 Å². The number of aliphatic hydroxyl groups excluding tert-OH is 1. The second kappa shape index (κ2) is 6.97. The monoisotopic (exact) mass is 355 g/mol. The molecule has 0 bridgehead atoms. The highest BCUT2D eigenvalue weighted by Crippen LogP contribution is 2.28. The third-order valence-corrected chi connectivity index (χ3v) is 3.61. The van der Waals surface area contributed by atoms with Crippen molar-refractivity contribution in [2.24, 2.45) is 0 Å². The van der Waals surface area contributed by atoms with E-state index in [-0.39, 0.29) is 0 Å². The van der Waals surface area contributed by atoms with E-state index in [0.717, 1.165) is 15.7 Å². The highest BCUT2D eigenvalue weighted by molar-refractivity contribution is 9.10.